The SMILES string of the molecule is Cl.FC(F)(F)C1CC2(CCC2)CN1. The van der Waals surface area contributed by atoms with Crippen molar-refractivity contribution < 1.29 is 13.2 Å². The molecule has 1 saturated heterocycles. The minimum atomic E-state index is -4.04. The Labute approximate surface area is 81.5 Å². The molecule has 1 atom stereocenters. The van der Waals surface area contributed by atoms with Gasteiger partial charge < -0.3 is 5.32 Å². The first-order valence-corrected chi connectivity index (χ1v) is 4.32. The minimum absolute atomic E-state index is 0. The molecule has 13 heavy (non-hydrogen) atoms. The average Bonchev–Trinajstić information content (AvgIpc) is 2.26. The van der Waals surface area contributed by atoms with Gasteiger partial charge >= 0.3 is 6.18 Å². The van der Waals surface area contributed by atoms with Crippen LogP contribution < -0.4 is 5.32 Å². The van der Waals surface area contributed by atoms with Gasteiger partial charge in [0.1, 0.15) is 6.04 Å². The average molecular weight is 216 g/mol. The van der Waals surface area contributed by atoms with Gasteiger partial charge in [-0.3, -0.25) is 0 Å². The maximum absolute atomic E-state index is 12.2. The molecule has 1 saturated carbocycles. The van der Waals surface area contributed by atoms with Crippen molar-refractivity contribution in [3.8, 4) is 0 Å². The zero-order valence-corrected chi connectivity index (χ0v) is 7.97. The highest BCUT2D eigenvalue weighted by molar-refractivity contribution is 5.85. The molecule has 1 heterocycles. The fourth-order valence-corrected chi connectivity index (χ4v) is 2.21. The third kappa shape index (κ3) is 1.94. The van der Waals surface area contributed by atoms with E-state index >= 15 is 0 Å². The van der Waals surface area contributed by atoms with E-state index in [1.165, 1.54) is 0 Å². The Morgan fingerprint density at radius 1 is 1.23 bits per heavy atom. The lowest BCUT2D eigenvalue weighted by molar-refractivity contribution is -0.154. The number of nitrogens with one attached hydrogen (secondary N) is 1. The lowest BCUT2D eigenvalue weighted by Gasteiger charge is -2.37. The molecule has 5 heteroatoms. The van der Waals surface area contributed by atoms with E-state index in [1.54, 1.807) is 0 Å². The van der Waals surface area contributed by atoms with Gasteiger partial charge in [-0.2, -0.15) is 13.2 Å². The molecule has 1 unspecified atom stereocenters. The summed E-state index contributed by atoms with van der Waals surface area (Å²) in [5.74, 6) is 0. The highest BCUT2D eigenvalue weighted by Crippen LogP contribution is 2.49. The molecule has 1 nitrogen and oxygen atoms in total. The van der Waals surface area contributed by atoms with Crippen LogP contribution in [0.15, 0.2) is 0 Å². The van der Waals surface area contributed by atoms with E-state index in [0.29, 0.717) is 13.0 Å². The summed E-state index contributed by atoms with van der Waals surface area (Å²) in [6, 6.07) is -1.24. The standard InChI is InChI=1S/C8H12F3N.ClH/c9-8(10,11)6-4-7(5-12-6)2-1-3-7;/h6,12H,1-5H2;1H. The summed E-state index contributed by atoms with van der Waals surface area (Å²) in [6.07, 6.45) is -0.680. The first-order valence-electron chi connectivity index (χ1n) is 4.32. The second kappa shape index (κ2) is 3.31. The zero-order chi connectivity index (χ0) is 8.82. The molecule has 0 amide bonds. The Morgan fingerprint density at radius 2 is 1.85 bits per heavy atom. The van der Waals surface area contributed by atoms with Crippen molar-refractivity contribution in [2.45, 2.75) is 37.9 Å². The zero-order valence-electron chi connectivity index (χ0n) is 7.16. The number of alkyl halides is 3. The predicted molar refractivity (Wildman–Crippen MR) is 46.0 cm³/mol. The van der Waals surface area contributed by atoms with Crippen LogP contribution in [0.3, 0.4) is 0 Å². The molecular formula is C8H13ClF3N. The smallest absolute Gasteiger partial charge is 0.306 e. The van der Waals surface area contributed by atoms with Crippen molar-refractivity contribution in [2.75, 3.05) is 6.54 Å². The molecule has 78 valence electrons. The summed E-state index contributed by atoms with van der Waals surface area (Å²) in [6.45, 7) is 0.567. The van der Waals surface area contributed by atoms with Crippen LogP contribution in [-0.2, 0) is 0 Å². The van der Waals surface area contributed by atoms with E-state index < -0.39 is 12.2 Å². The fourth-order valence-electron chi connectivity index (χ4n) is 2.21. The van der Waals surface area contributed by atoms with Crippen molar-refractivity contribution in [3.63, 3.8) is 0 Å². The van der Waals surface area contributed by atoms with Crippen molar-refractivity contribution in [1.82, 2.24) is 5.32 Å². The Morgan fingerprint density at radius 3 is 2.08 bits per heavy atom. The maximum Gasteiger partial charge on any atom is 0.403 e. The summed E-state index contributed by atoms with van der Waals surface area (Å²) in [4.78, 5) is 0. The lowest BCUT2D eigenvalue weighted by Crippen LogP contribution is -2.36. The molecular weight excluding hydrogens is 203 g/mol. The first-order chi connectivity index (χ1) is 5.52. The van der Waals surface area contributed by atoms with Crippen LogP contribution in [0.2, 0.25) is 0 Å². The van der Waals surface area contributed by atoms with Gasteiger partial charge in [-0.15, -0.1) is 12.4 Å². The number of rotatable bonds is 0. The van der Waals surface area contributed by atoms with Crippen LogP contribution in [0.1, 0.15) is 25.7 Å². The van der Waals surface area contributed by atoms with Gasteiger partial charge in [0.05, 0.1) is 0 Å². The quantitative estimate of drug-likeness (QED) is 0.655. The van der Waals surface area contributed by atoms with Gasteiger partial charge in [-0.05, 0) is 24.7 Å². The van der Waals surface area contributed by atoms with E-state index in [0.717, 1.165) is 19.3 Å². The van der Waals surface area contributed by atoms with Crippen LogP contribution >= 0.6 is 12.4 Å². The van der Waals surface area contributed by atoms with E-state index in [2.05, 4.69) is 5.32 Å². The van der Waals surface area contributed by atoms with E-state index in [4.69, 9.17) is 0 Å². The first kappa shape index (κ1) is 11.1. The fraction of sp³-hybridized carbons (Fsp3) is 1.00. The summed E-state index contributed by atoms with van der Waals surface area (Å²) >= 11 is 0. The molecule has 1 spiro atoms. The predicted octanol–water partition coefficient (Wildman–Crippen LogP) is 2.50. The maximum atomic E-state index is 12.2. The molecule has 1 aliphatic heterocycles. The Kier molecular flexibility index (Phi) is 2.83. The highest BCUT2D eigenvalue weighted by atomic mass is 35.5. The number of halogens is 4. The van der Waals surface area contributed by atoms with E-state index in [9.17, 15) is 13.2 Å². The van der Waals surface area contributed by atoms with Crippen LogP contribution in [0, 0.1) is 5.41 Å². The third-order valence-electron chi connectivity index (χ3n) is 3.17. The van der Waals surface area contributed by atoms with Gasteiger partial charge in [0.15, 0.2) is 0 Å². The lowest BCUT2D eigenvalue weighted by atomic mass is 9.67. The molecule has 0 bridgehead atoms. The van der Waals surface area contributed by atoms with Gasteiger partial charge in [0.25, 0.3) is 0 Å². The molecule has 0 radical (unpaired) electrons. The number of hydrogen-bond acceptors (Lipinski definition) is 1. The Bertz CT molecular complexity index is 188. The van der Waals surface area contributed by atoms with Crippen molar-refractivity contribution >= 4 is 12.4 Å². The summed E-state index contributed by atoms with van der Waals surface area (Å²) < 4.78 is 36.6. The molecule has 2 rings (SSSR count). The molecule has 1 N–H and O–H groups in total. The van der Waals surface area contributed by atoms with Crippen LogP contribution in [0.4, 0.5) is 13.2 Å². The van der Waals surface area contributed by atoms with Gasteiger partial charge in [-0.1, -0.05) is 6.42 Å². The molecule has 0 aromatic heterocycles. The molecule has 2 aliphatic rings. The van der Waals surface area contributed by atoms with E-state index in [1.807, 2.05) is 0 Å². The summed E-state index contributed by atoms with van der Waals surface area (Å²) in [7, 11) is 0. The molecule has 0 aromatic rings. The normalized spacial score (nSPS) is 31.2. The third-order valence-corrected chi connectivity index (χ3v) is 3.17. The van der Waals surface area contributed by atoms with Crippen molar-refractivity contribution in [1.29, 1.82) is 0 Å². The molecule has 2 fully saturated rings. The molecule has 0 aromatic carbocycles. The topological polar surface area (TPSA) is 12.0 Å². The second-order valence-electron chi connectivity index (χ2n) is 4.03. The highest BCUT2D eigenvalue weighted by Gasteiger charge is 2.52. The van der Waals surface area contributed by atoms with Gasteiger partial charge in [0.2, 0.25) is 0 Å². The Balaban J connectivity index is 0.000000845. The van der Waals surface area contributed by atoms with Crippen molar-refractivity contribution in [3.05, 3.63) is 0 Å². The van der Waals surface area contributed by atoms with Gasteiger partial charge in [0, 0.05) is 6.54 Å². The number of hydrogen-bond donors (Lipinski definition) is 1. The van der Waals surface area contributed by atoms with Crippen LogP contribution in [-0.4, -0.2) is 18.8 Å². The summed E-state index contributed by atoms with van der Waals surface area (Å²) in [5.41, 5.74) is 0.0141. The van der Waals surface area contributed by atoms with E-state index in [-0.39, 0.29) is 17.8 Å². The van der Waals surface area contributed by atoms with Crippen LogP contribution in [0.25, 0.3) is 0 Å². The minimum Gasteiger partial charge on any atom is -0.306 e. The largest absolute Gasteiger partial charge is 0.403 e. The monoisotopic (exact) mass is 215 g/mol. The second-order valence-corrected chi connectivity index (χ2v) is 4.03. The van der Waals surface area contributed by atoms with Crippen LogP contribution in [0.5, 0.6) is 0 Å². The Hall–Kier alpha value is 0.0400. The molecule has 1 aliphatic carbocycles. The summed E-state index contributed by atoms with van der Waals surface area (Å²) in [5, 5.41) is 2.56. The van der Waals surface area contributed by atoms with Gasteiger partial charge in [-0.25, -0.2) is 0 Å². The van der Waals surface area contributed by atoms with Crippen molar-refractivity contribution in [2.24, 2.45) is 5.41 Å².